The van der Waals surface area contributed by atoms with Gasteiger partial charge >= 0.3 is 0 Å². The Kier molecular flexibility index (Phi) is 7.55. The molecule has 1 aromatic heterocycles. The highest BCUT2D eigenvalue weighted by molar-refractivity contribution is 14.0. The predicted molar refractivity (Wildman–Crippen MR) is 110 cm³/mol. The van der Waals surface area contributed by atoms with E-state index in [0.717, 1.165) is 5.56 Å². The number of nitriles is 1. The molecular formula is C18H22FIN6O. The number of aryl methyl sites for hydroxylation is 1. The fourth-order valence-corrected chi connectivity index (χ4v) is 2.94. The van der Waals surface area contributed by atoms with E-state index < -0.39 is 0 Å². The zero-order valence-corrected chi connectivity index (χ0v) is 17.6. The summed E-state index contributed by atoms with van der Waals surface area (Å²) in [6.07, 6.45) is 3.65. The Balaban J connectivity index is 0.00000261. The Labute approximate surface area is 174 Å². The number of hydrogen-bond acceptors (Lipinski definition) is 4. The minimum atomic E-state index is -0.345. The first kappa shape index (κ1) is 21.1. The third kappa shape index (κ3) is 5.17. The van der Waals surface area contributed by atoms with E-state index in [4.69, 9.17) is 10.00 Å². The lowest BCUT2D eigenvalue weighted by atomic mass is 10.1. The molecule has 1 atom stereocenters. The number of halogens is 2. The van der Waals surface area contributed by atoms with E-state index in [1.807, 2.05) is 19.3 Å². The van der Waals surface area contributed by atoms with Crippen LogP contribution >= 0.6 is 24.0 Å². The van der Waals surface area contributed by atoms with Gasteiger partial charge in [-0.05, 0) is 18.2 Å². The summed E-state index contributed by atoms with van der Waals surface area (Å²) in [5, 5.41) is 16.3. The molecule has 0 amide bonds. The van der Waals surface area contributed by atoms with Crippen LogP contribution in [-0.4, -0.2) is 47.4 Å². The second-order valence-corrected chi connectivity index (χ2v) is 6.07. The van der Waals surface area contributed by atoms with Crippen LogP contribution in [0.3, 0.4) is 0 Å². The van der Waals surface area contributed by atoms with Crippen molar-refractivity contribution in [2.75, 3.05) is 26.7 Å². The summed E-state index contributed by atoms with van der Waals surface area (Å²) in [6.45, 7) is 2.14. The zero-order valence-electron chi connectivity index (χ0n) is 15.2. The molecule has 1 fully saturated rings. The van der Waals surface area contributed by atoms with Crippen LogP contribution in [0, 0.1) is 17.1 Å². The third-order valence-electron chi connectivity index (χ3n) is 4.29. The number of aliphatic imine (C=N–C) groups is 1. The first-order valence-corrected chi connectivity index (χ1v) is 8.35. The maximum Gasteiger partial charge on any atom is 0.194 e. The molecule has 1 unspecified atom stereocenters. The van der Waals surface area contributed by atoms with Crippen LogP contribution in [0.4, 0.5) is 4.39 Å². The summed E-state index contributed by atoms with van der Waals surface area (Å²) in [6, 6.07) is 6.35. The van der Waals surface area contributed by atoms with E-state index in [9.17, 15) is 4.39 Å². The van der Waals surface area contributed by atoms with Gasteiger partial charge in [-0.1, -0.05) is 0 Å². The molecule has 1 saturated heterocycles. The Morgan fingerprint density at radius 3 is 3.00 bits per heavy atom. The summed E-state index contributed by atoms with van der Waals surface area (Å²) in [4.78, 5) is 6.38. The van der Waals surface area contributed by atoms with Crippen molar-refractivity contribution in [2.24, 2.45) is 12.0 Å². The maximum absolute atomic E-state index is 14.0. The molecule has 1 N–H and O–H groups in total. The van der Waals surface area contributed by atoms with Gasteiger partial charge in [0.15, 0.2) is 5.96 Å². The Hall–Kier alpha value is -2.19. The highest BCUT2D eigenvalue weighted by Gasteiger charge is 2.25. The molecule has 27 heavy (non-hydrogen) atoms. The Bertz CT molecular complexity index is 847. The highest BCUT2D eigenvalue weighted by Crippen LogP contribution is 2.21. The highest BCUT2D eigenvalue weighted by atomic mass is 127. The van der Waals surface area contributed by atoms with Gasteiger partial charge in [0.1, 0.15) is 11.9 Å². The number of benzene rings is 1. The average Bonchev–Trinajstić information content (AvgIpc) is 3.10. The van der Waals surface area contributed by atoms with E-state index in [1.54, 1.807) is 24.0 Å². The van der Waals surface area contributed by atoms with Gasteiger partial charge in [0, 0.05) is 44.5 Å². The van der Waals surface area contributed by atoms with Crippen molar-refractivity contribution >= 4 is 29.9 Å². The van der Waals surface area contributed by atoms with Crippen LogP contribution in [0.15, 0.2) is 35.6 Å². The van der Waals surface area contributed by atoms with E-state index in [0.29, 0.717) is 36.8 Å². The number of morpholine rings is 1. The molecule has 1 aliphatic rings. The topological polar surface area (TPSA) is 78.5 Å². The Morgan fingerprint density at radius 1 is 1.52 bits per heavy atom. The summed E-state index contributed by atoms with van der Waals surface area (Å²) in [5.41, 5.74) is 1.88. The monoisotopic (exact) mass is 484 g/mol. The number of guanidine groups is 1. The smallest absolute Gasteiger partial charge is 0.194 e. The lowest BCUT2D eigenvalue weighted by Crippen LogP contribution is -2.48. The van der Waals surface area contributed by atoms with Crippen molar-refractivity contribution in [2.45, 2.75) is 12.6 Å². The summed E-state index contributed by atoms with van der Waals surface area (Å²) in [5.74, 6) is 0.325. The molecule has 0 spiro atoms. The molecule has 1 aliphatic heterocycles. The van der Waals surface area contributed by atoms with E-state index in [2.05, 4.69) is 20.3 Å². The summed E-state index contributed by atoms with van der Waals surface area (Å²) < 4.78 is 21.5. The fraction of sp³-hybridized carbons (Fsp3) is 0.389. The van der Waals surface area contributed by atoms with Gasteiger partial charge < -0.3 is 15.0 Å². The fourth-order valence-electron chi connectivity index (χ4n) is 2.94. The van der Waals surface area contributed by atoms with E-state index in [-0.39, 0.29) is 42.4 Å². The molecular weight excluding hydrogens is 462 g/mol. The quantitative estimate of drug-likeness (QED) is 0.411. The van der Waals surface area contributed by atoms with Gasteiger partial charge in [0.25, 0.3) is 0 Å². The first-order valence-electron chi connectivity index (χ1n) is 8.35. The number of nitrogens with one attached hydrogen (secondary N) is 1. The minimum absolute atomic E-state index is 0. The van der Waals surface area contributed by atoms with Gasteiger partial charge in [0.05, 0.1) is 31.0 Å². The summed E-state index contributed by atoms with van der Waals surface area (Å²) in [7, 11) is 3.56. The number of hydrogen-bond donors (Lipinski definition) is 1. The first-order chi connectivity index (χ1) is 12.6. The van der Waals surface area contributed by atoms with Gasteiger partial charge in [-0.3, -0.25) is 9.67 Å². The Morgan fingerprint density at radius 2 is 2.33 bits per heavy atom. The standard InChI is InChI=1S/C18H21FN6O.HI/c1-21-18(22-9-14-7-13(8-20)3-4-16(14)19)25-5-6-26-17(12-25)15-10-23-24(2)11-15;/h3-4,7,10-11,17H,5-6,9,12H2,1-2H3,(H,21,22);1H. The van der Waals surface area contributed by atoms with Crippen molar-refractivity contribution < 1.29 is 9.13 Å². The SMILES string of the molecule is CN=C(NCc1cc(C#N)ccc1F)N1CCOC(c2cnn(C)c2)C1.I. The van der Waals surface area contributed by atoms with Crippen molar-refractivity contribution in [3.05, 3.63) is 53.1 Å². The zero-order chi connectivity index (χ0) is 18.5. The second kappa shape index (κ2) is 9.66. The number of nitrogens with zero attached hydrogens (tertiary/aromatic N) is 5. The molecule has 0 radical (unpaired) electrons. The lowest BCUT2D eigenvalue weighted by molar-refractivity contribution is -0.00805. The van der Waals surface area contributed by atoms with E-state index in [1.165, 1.54) is 12.1 Å². The average molecular weight is 484 g/mol. The van der Waals surface area contributed by atoms with Crippen LogP contribution in [0.1, 0.15) is 22.8 Å². The second-order valence-electron chi connectivity index (χ2n) is 6.07. The molecule has 0 bridgehead atoms. The molecule has 144 valence electrons. The molecule has 2 aromatic rings. The van der Waals surface area contributed by atoms with Gasteiger partial charge in [-0.25, -0.2) is 4.39 Å². The molecule has 2 heterocycles. The maximum atomic E-state index is 14.0. The van der Waals surface area contributed by atoms with Gasteiger partial charge in [-0.2, -0.15) is 10.4 Å². The number of aromatic nitrogens is 2. The molecule has 0 aliphatic carbocycles. The number of ether oxygens (including phenoxy) is 1. The van der Waals surface area contributed by atoms with Crippen molar-refractivity contribution in [3.8, 4) is 6.07 Å². The third-order valence-corrected chi connectivity index (χ3v) is 4.29. The van der Waals surface area contributed by atoms with Gasteiger partial charge in [-0.15, -0.1) is 24.0 Å². The lowest BCUT2D eigenvalue weighted by Gasteiger charge is -2.34. The van der Waals surface area contributed by atoms with Crippen LogP contribution in [0.25, 0.3) is 0 Å². The molecule has 1 aromatic carbocycles. The van der Waals surface area contributed by atoms with Crippen molar-refractivity contribution in [1.82, 2.24) is 20.0 Å². The van der Waals surface area contributed by atoms with Crippen molar-refractivity contribution in [3.63, 3.8) is 0 Å². The minimum Gasteiger partial charge on any atom is -0.370 e. The number of rotatable bonds is 3. The predicted octanol–water partition coefficient (Wildman–Crippen LogP) is 2.20. The van der Waals surface area contributed by atoms with E-state index >= 15 is 0 Å². The van der Waals surface area contributed by atoms with Crippen molar-refractivity contribution in [1.29, 1.82) is 5.26 Å². The molecule has 9 heteroatoms. The molecule has 3 rings (SSSR count). The molecule has 0 saturated carbocycles. The van der Waals surface area contributed by atoms with Crippen LogP contribution in [-0.2, 0) is 18.3 Å². The van der Waals surface area contributed by atoms with Crippen LogP contribution < -0.4 is 5.32 Å². The van der Waals surface area contributed by atoms with Crippen LogP contribution in [0.5, 0.6) is 0 Å². The normalized spacial score (nSPS) is 17.2. The van der Waals surface area contributed by atoms with Gasteiger partial charge in [0.2, 0.25) is 0 Å². The van der Waals surface area contributed by atoms with Crippen LogP contribution in [0.2, 0.25) is 0 Å². The largest absolute Gasteiger partial charge is 0.370 e. The molecule has 7 nitrogen and oxygen atoms in total. The summed E-state index contributed by atoms with van der Waals surface area (Å²) >= 11 is 0.